The molecule has 0 saturated heterocycles. The molecule has 4 aromatic carbocycles. The molecule has 1 aromatic heterocycles. The van der Waals surface area contributed by atoms with Crippen LogP contribution in [0, 0.1) is 0 Å². The van der Waals surface area contributed by atoms with E-state index in [1.807, 2.05) is 49.4 Å². The van der Waals surface area contributed by atoms with E-state index >= 15 is 0 Å². The first-order valence-electron chi connectivity index (χ1n) is 12.2. The van der Waals surface area contributed by atoms with E-state index in [1.54, 1.807) is 6.26 Å². The van der Waals surface area contributed by atoms with E-state index in [9.17, 15) is 4.79 Å². The van der Waals surface area contributed by atoms with Gasteiger partial charge in [0.25, 0.3) is 0 Å². The van der Waals surface area contributed by atoms with Gasteiger partial charge in [0.1, 0.15) is 34.9 Å². The van der Waals surface area contributed by atoms with Gasteiger partial charge in [-0.3, -0.25) is 0 Å². The number of halogens is 2. The van der Waals surface area contributed by atoms with Crippen LogP contribution in [0.5, 0.6) is 0 Å². The molecule has 38 heavy (non-hydrogen) atoms. The summed E-state index contributed by atoms with van der Waals surface area (Å²) >= 11 is 6.14. The van der Waals surface area contributed by atoms with Gasteiger partial charge < -0.3 is 26.1 Å². The van der Waals surface area contributed by atoms with Crippen molar-refractivity contribution in [3.05, 3.63) is 138 Å². The molecule has 0 aliphatic carbocycles. The Bertz CT molecular complexity index is 1370. The predicted octanol–water partition coefficient (Wildman–Crippen LogP) is 4.27. The zero-order valence-corrected chi connectivity index (χ0v) is 24.1. The maximum absolute atomic E-state index is 13.4. The van der Waals surface area contributed by atoms with Crippen LogP contribution in [-0.4, -0.2) is 12.6 Å². The van der Waals surface area contributed by atoms with Crippen LogP contribution >= 0.6 is 18.9 Å². The fraction of sp³-hybridized carbons (Fsp3) is 0.0938. The number of hydrogen-bond acceptors (Lipinski definition) is 3. The number of carbonyl (C=O) groups excluding carboxylic acids is 1. The van der Waals surface area contributed by atoms with Crippen molar-refractivity contribution < 1.29 is 30.9 Å². The quantitative estimate of drug-likeness (QED) is 0.196. The molecule has 0 saturated carbocycles. The van der Waals surface area contributed by atoms with E-state index < -0.39 is 7.26 Å². The van der Waals surface area contributed by atoms with Gasteiger partial charge in [0.05, 0.1) is 12.9 Å². The minimum absolute atomic E-state index is 0. The third-order valence-electron chi connectivity index (χ3n) is 6.47. The molecule has 3 nitrogen and oxygen atoms in total. The van der Waals surface area contributed by atoms with Gasteiger partial charge in [0, 0.05) is 10.6 Å². The molecule has 0 bridgehead atoms. The van der Waals surface area contributed by atoms with Gasteiger partial charge in [-0.15, -0.1) is 0 Å². The van der Waals surface area contributed by atoms with Crippen LogP contribution in [0.15, 0.2) is 126 Å². The summed E-state index contributed by atoms with van der Waals surface area (Å²) in [5.41, 5.74) is 2.03. The molecule has 0 aliphatic heterocycles. The first-order valence-corrected chi connectivity index (χ1v) is 14.6. The second kappa shape index (κ2) is 12.6. The molecule has 0 atom stereocenters. The molecule has 0 amide bonds. The Hall–Kier alpha value is -3.17. The molecule has 0 unspecified atom stereocenters. The highest BCUT2D eigenvalue weighted by molar-refractivity contribution is 7.95. The van der Waals surface area contributed by atoms with Crippen LogP contribution in [0.3, 0.4) is 0 Å². The maximum Gasteiger partial charge on any atom is 0.342 e. The molecule has 6 heteroatoms. The molecule has 5 rings (SSSR count). The number of hydrogen-bond donors (Lipinski definition) is 0. The first-order chi connectivity index (χ1) is 18.1. The van der Waals surface area contributed by atoms with Crippen molar-refractivity contribution in [1.82, 2.24) is 0 Å². The average molecular weight is 606 g/mol. The van der Waals surface area contributed by atoms with Gasteiger partial charge >= 0.3 is 5.97 Å². The number of rotatable bonds is 8. The summed E-state index contributed by atoms with van der Waals surface area (Å²) in [6, 6.07) is 39.0. The third-order valence-corrected chi connectivity index (χ3v) is 11.0. The lowest BCUT2D eigenvalue weighted by Crippen LogP contribution is -3.00. The predicted molar refractivity (Wildman–Crippen MR) is 154 cm³/mol. The highest BCUT2D eigenvalue weighted by Gasteiger charge is 2.47. The minimum Gasteiger partial charge on any atom is -1.00 e. The Morgan fingerprint density at radius 2 is 1.24 bits per heavy atom. The Kier molecular flexibility index (Phi) is 9.22. The van der Waals surface area contributed by atoms with Crippen molar-refractivity contribution in [2.75, 3.05) is 6.61 Å². The summed E-state index contributed by atoms with van der Waals surface area (Å²) in [5, 5.41) is 4.28. The molecule has 0 fully saturated rings. The molecule has 0 N–H and O–H groups in total. The van der Waals surface area contributed by atoms with Crippen molar-refractivity contribution >= 4 is 40.7 Å². The van der Waals surface area contributed by atoms with E-state index in [0.717, 1.165) is 5.56 Å². The molecule has 0 spiro atoms. The third kappa shape index (κ3) is 5.49. The normalized spacial score (nSPS) is 11.0. The number of benzene rings is 4. The summed E-state index contributed by atoms with van der Waals surface area (Å²) in [6.45, 7) is 2.09. The summed E-state index contributed by atoms with van der Waals surface area (Å²) in [6.07, 6.45) is 2.20. The van der Waals surface area contributed by atoms with E-state index in [2.05, 4.69) is 72.8 Å². The van der Waals surface area contributed by atoms with Gasteiger partial charge in [0.15, 0.2) is 5.76 Å². The van der Waals surface area contributed by atoms with Gasteiger partial charge in [-0.1, -0.05) is 78.3 Å². The van der Waals surface area contributed by atoms with Crippen molar-refractivity contribution in [2.45, 2.75) is 13.1 Å². The topological polar surface area (TPSA) is 39.4 Å². The SMILES string of the molecule is CCOC(=O)c1c(-c2ccc(Cl)cc2)coc1C[P+](c1ccccc1)(c1ccccc1)c1ccccc1.[Br-]. The molecule has 0 radical (unpaired) electrons. The van der Waals surface area contributed by atoms with Crippen LogP contribution < -0.4 is 32.9 Å². The average Bonchev–Trinajstić information content (AvgIpc) is 3.37. The van der Waals surface area contributed by atoms with Crippen molar-refractivity contribution in [3.63, 3.8) is 0 Å². The standard InChI is InChI=1S/C32H27ClO3P.BrH/c1-2-35-32(34)31-29(24-18-20-25(33)21-19-24)22-36-30(31)23-37(26-12-6-3-7-13-26,27-14-8-4-9-15-27)28-16-10-5-11-17-28;/h3-22H,2,23H2,1H3;1H/q+1;/p-1. The maximum atomic E-state index is 13.4. The lowest BCUT2D eigenvalue weighted by atomic mass is 10.0. The highest BCUT2D eigenvalue weighted by atomic mass is 79.9. The van der Waals surface area contributed by atoms with Crippen LogP contribution in [0.1, 0.15) is 23.0 Å². The van der Waals surface area contributed by atoms with E-state index in [-0.39, 0.29) is 29.6 Å². The lowest BCUT2D eigenvalue weighted by molar-refractivity contribution is -0.0000262. The minimum atomic E-state index is -2.27. The van der Waals surface area contributed by atoms with E-state index in [0.29, 0.717) is 28.1 Å². The number of furan rings is 1. The summed E-state index contributed by atoms with van der Waals surface area (Å²) in [7, 11) is -2.27. The van der Waals surface area contributed by atoms with Gasteiger partial charge in [-0.25, -0.2) is 4.79 Å². The van der Waals surface area contributed by atoms with Crippen LogP contribution in [-0.2, 0) is 10.9 Å². The van der Waals surface area contributed by atoms with E-state index in [1.165, 1.54) is 15.9 Å². The fourth-order valence-electron chi connectivity index (χ4n) is 4.77. The molecular formula is C32H27BrClO3P. The van der Waals surface area contributed by atoms with E-state index in [4.69, 9.17) is 20.8 Å². The second-order valence-electron chi connectivity index (χ2n) is 8.65. The van der Waals surface area contributed by atoms with Gasteiger partial charge in [-0.2, -0.15) is 0 Å². The summed E-state index contributed by atoms with van der Waals surface area (Å²) in [5.74, 6) is 0.233. The fourth-order valence-corrected chi connectivity index (χ4v) is 9.04. The van der Waals surface area contributed by atoms with Gasteiger partial charge in [-0.05, 0) is 61.0 Å². The summed E-state index contributed by atoms with van der Waals surface area (Å²) < 4.78 is 11.8. The molecule has 1 heterocycles. The van der Waals surface area contributed by atoms with Gasteiger partial charge in [0.2, 0.25) is 0 Å². The second-order valence-corrected chi connectivity index (χ2v) is 12.6. The van der Waals surface area contributed by atoms with Crippen LogP contribution in [0.4, 0.5) is 0 Å². The molecule has 192 valence electrons. The lowest BCUT2D eigenvalue weighted by Gasteiger charge is -2.27. The molecule has 5 aromatic rings. The zero-order chi connectivity index (χ0) is 25.7. The monoisotopic (exact) mass is 604 g/mol. The first kappa shape index (κ1) is 27.9. The van der Waals surface area contributed by atoms with Crippen molar-refractivity contribution in [1.29, 1.82) is 0 Å². The van der Waals surface area contributed by atoms with Crippen LogP contribution in [0.25, 0.3) is 11.1 Å². The van der Waals surface area contributed by atoms with Crippen LogP contribution in [0.2, 0.25) is 5.02 Å². The smallest absolute Gasteiger partial charge is 0.342 e. The van der Waals surface area contributed by atoms with Crippen molar-refractivity contribution in [2.24, 2.45) is 0 Å². The Balaban J connectivity index is 0.00000336. The summed E-state index contributed by atoms with van der Waals surface area (Å²) in [4.78, 5) is 13.4. The zero-order valence-electron chi connectivity index (χ0n) is 20.9. The Morgan fingerprint density at radius 1 is 0.763 bits per heavy atom. The van der Waals surface area contributed by atoms with Crippen molar-refractivity contribution in [3.8, 4) is 11.1 Å². The Morgan fingerprint density at radius 3 is 1.68 bits per heavy atom. The number of ether oxygens (including phenoxy) is 1. The number of carbonyl (C=O) groups is 1. The highest BCUT2D eigenvalue weighted by Crippen LogP contribution is 2.59. The Labute approximate surface area is 239 Å². The largest absolute Gasteiger partial charge is 1.00 e. The molecular weight excluding hydrogens is 579 g/mol. The number of esters is 1. The molecule has 0 aliphatic rings.